The van der Waals surface area contributed by atoms with Crippen LogP contribution < -0.4 is 73.2 Å². The number of para-hydroxylation sites is 5. The fourth-order valence-corrected chi connectivity index (χ4v) is 10.7. The molecule has 5 nitrogen and oxygen atoms in total. The Labute approximate surface area is 324 Å². The maximum Gasteiger partial charge on any atom is 0.260 e. The highest BCUT2D eigenvalue weighted by Gasteiger charge is 2.51. The van der Waals surface area contributed by atoms with E-state index in [1.165, 1.54) is 50.1 Å². The summed E-state index contributed by atoms with van der Waals surface area (Å²) < 4.78 is 20.6. The average molecular weight is 712 g/mol. The number of ether oxygens (including phenoxy) is 3. The summed E-state index contributed by atoms with van der Waals surface area (Å²) >= 11 is 0. The third kappa shape index (κ3) is 3.56. The number of benzene rings is 8. The van der Waals surface area contributed by atoms with Gasteiger partial charge in [0.1, 0.15) is 34.5 Å². The lowest BCUT2D eigenvalue weighted by Crippen LogP contribution is -2.68. The molecule has 14 rings (SSSR count). The Hall–Kier alpha value is -7.05. The van der Waals surface area contributed by atoms with Crippen LogP contribution in [-0.4, -0.2) is 20.1 Å². The molecule has 0 fully saturated rings. The molecule has 8 aromatic rings. The van der Waals surface area contributed by atoms with Gasteiger partial charge in [-0.1, -0.05) is 97.1 Å². The molecule has 256 valence electrons. The summed E-state index contributed by atoms with van der Waals surface area (Å²) in [7, 11) is 0. The van der Waals surface area contributed by atoms with Crippen LogP contribution in [0.25, 0.3) is 0 Å². The SMILES string of the molecule is c1ccc(N2c3ccccc3B3c4ccccc4N4c5ccccc5B5c6cc7c(cc6Oc6cc2c3c4c65)B2c3ccccc3Oc3cccc(c32)O7)cc1. The van der Waals surface area contributed by atoms with Crippen molar-refractivity contribution in [2.75, 3.05) is 9.80 Å². The smallest absolute Gasteiger partial charge is 0.260 e. The maximum atomic E-state index is 7.32. The molecule has 8 heteroatoms. The topological polar surface area (TPSA) is 34.2 Å². The van der Waals surface area contributed by atoms with Gasteiger partial charge in [0.2, 0.25) is 0 Å². The van der Waals surface area contributed by atoms with Crippen molar-refractivity contribution in [3.63, 3.8) is 0 Å². The number of nitrogens with zero attached hydrogens (tertiary/aromatic N) is 2. The molecule has 8 aromatic carbocycles. The summed E-state index contributed by atoms with van der Waals surface area (Å²) in [4.78, 5) is 4.96. The molecular formula is C48H27B3N2O3. The molecule has 0 radical (unpaired) electrons. The minimum Gasteiger partial charge on any atom is -0.458 e. The van der Waals surface area contributed by atoms with Gasteiger partial charge in [-0.05, 0) is 104 Å². The van der Waals surface area contributed by atoms with E-state index in [1.807, 2.05) is 18.2 Å². The first-order chi connectivity index (χ1) is 27.8. The highest BCUT2D eigenvalue weighted by atomic mass is 16.5. The van der Waals surface area contributed by atoms with E-state index in [2.05, 4.69) is 155 Å². The molecule has 0 N–H and O–H groups in total. The molecule has 0 saturated carbocycles. The second kappa shape index (κ2) is 10.4. The number of fused-ring (bicyclic) bond motifs is 14. The summed E-state index contributed by atoms with van der Waals surface area (Å²) in [6.07, 6.45) is 0. The van der Waals surface area contributed by atoms with E-state index < -0.39 is 0 Å². The highest BCUT2D eigenvalue weighted by Crippen LogP contribution is 2.48. The quantitative estimate of drug-likeness (QED) is 0.212. The van der Waals surface area contributed by atoms with E-state index in [0.29, 0.717) is 0 Å². The Balaban J connectivity index is 1.07. The standard InChI is InChI=1S/C48H27B3N2O3/c1-2-13-28(14-3-1)52-35-19-8-4-15-29(35)49-30-16-5-9-20-36(30)53-37-21-10-6-17-31(37)50-33-25-42-34(26-43(33)56-44-27-38(52)45(49)48(53)47(44)50)51-32-18-7-11-22-39(32)54-40-23-12-24-41(55-42)46(40)51/h1-27H. The first kappa shape index (κ1) is 29.3. The molecular weight excluding hydrogens is 685 g/mol. The van der Waals surface area contributed by atoms with Crippen LogP contribution in [0, 0.1) is 0 Å². The second-order valence-electron chi connectivity index (χ2n) is 15.5. The zero-order chi connectivity index (χ0) is 36.2. The molecule has 0 spiro atoms. The second-order valence-corrected chi connectivity index (χ2v) is 15.5. The van der Waals surface area contributed by atoms with E-state index in [9.17, 15) is 0 Å². The van der Waals surface area contributed by atoms with Gasteiger partial charge in [-0.2, -0.15) is 0 Å². The van der Waals surface area contributed by atoms with Crippen molar-refractivity contribution in [1.82, 2.24) is 0 Å². The van der Waals surface area contributed by atoms with Crippen LogP contribution in [0.5, 0.6) is 34.5 Å². The molecule has 56 heavy (non-hydrogen) atoms. The normalized spacial score (nSPS) is 14.7. The number of hydrogen-bond acceptors (Lipinski definition) is 5. The molecule has 0 atom stereocenters. The van der Waals surface area contributed by atoms with E-state index in [0.717, 1.165) is 67.7 Å². The predicted molar refractivity (Wildman–Crippen MR) is 229 cm³/mol. The predicted octanol–water partition coefficient (Wildman–Crippen LogP) is 5.43. The van der Waals surface area contributed by atoms with Crippen molar-refractivity contribution in [2.24, 2.45) is 0 Å². The van der Waals surface area contributed by atoms with Crippen LogP contribution >= 0.6 is 0 Å². The van der Waals surface area contributed by atoms with Crippen LogP contribution in [0.15, 0.2) is 164 Å². The van der Waals surface area contributed by atoms with Crippen LogP contribution in [0.2, 0.25) is 0 Å². The molecule has 0 amide bonds. The summed E-state index contributed by atoms with van der Waals surface area (Å²) in [5.74, 6) is 5.16. The van der Waals surface area contributed by atoms with Gasteiger partial charge in [-0.25, -0.2) is 0 Å². The highest BCUT2D eigenvalue weighted by molar-refractivity contribution is 7.04. The lowest BCUT2D eigenvalue weighted by Gasteiger charge is -2.49. The van der Waals surface area contributed by atoms with E-state index in [-0.39, 0.29) is 20.1 Å². The maximum absolute atomic E-state index is 7.32. The van der Waals surface area contributed by atoms with Crippen LogP contribution in [0.3, 0.4) is 0 Å². The molecule has 6 aliphatic rings. The van der Waals surface area contributed by atoms with Gasteiger partial charge in [0.05, 0.1) is 0 Å². The lowest BCUT2D eigenvalue weighted by molar-refractivity contribution is 0.461. The van der Waals surface area contributed by atoms with Crippen molar-refractivity contribution in [3.8, 4) is 34.5 Å². The summed E-state index contributed by atoms with van der Waals surface area (Å²) in [6.45, 7) is -0.0721. The Morgan fingerprint density at radius 1 is 0.304 bits per heavy atom. The number of hydrogen-bond donors (Lipinski definition) is 0. The van der Waals surface area contributed by atoms with Gasteiger partial charge < -0.3 is 24.0 Å². The molecule has 6 heterocycles. The van der Waals surface area contributed by atoms with Crippen LogP contribution in [0.1, 0.15) is 0 Å². The number of rotatable bonds is 1. The van der Waals surface area contributed by atoms with Crippen molar-refractivity contribution in [1.29, 1.82) is 0 Å². The summed E-state index contributed by atoms with van der Waals surface area (Å²) in [5, 5.41) is 0. The fourth-order valence-electron chi connectivity index (χ4n) is 10.7. The molecule has 0 bridgehead atoms. The van der Waals surface area contributed by atoms with Crippen LogP contribution in [0.4, 0.5) is 34.1 Å². The monoisotopic (exact) mass is 712 g/mol. The Morgan fingerprint density at radius 2 is 0.786 bits per heavy atom. The van der Waals surface area contributed by atoms with Gasteiger partial charge in [0.15, 0.2) is 0 Å². The minimum atomic E-state index is -0.0710. The van der Waals surface area contributed by atoms with Gasteiger partial charge in [0.25, 0.3) is 20.1 Å². The Kier molecular flexibility index (Phi) is 5.43. The van der Waals surface area contributed by atoms with Crippen molar-refractivity contribution in [3.05, 3.63) is 164 Å². The van der Waals surface area contributed by atoms with Crippen LogP contribution in [-0.2, 0) is 0 Å². The molecule has 0 aromatic heterocycles. The van der Waals surface area contributed by atoms with Crippen molar-refractivity contribution in [2.45, 2.75) is 0 Å². The van der Waals surface area contributed by atoms with E-state index in [4.69, 9.17) is 14.2 Å². The van der Waals surface area contributed by atoms with E-state index in [1.54, 1.807) is 0 Å². The minimum absolute atomic E-state index is 0.0485. The van der Waals surface area contributed by atoms with Crippen molar-refractivity contribution >= 4 is 103 Å². The van der Waals surface area contributed by atoms with Gasteiger partial charge >= 0.3 is 0 Å². The van der Waals surface area contributed by atoms with Gasteiger partial charge in [-0.3, -0.25) is 0 Å². The Morgan fingerprint density at radius 3 is 1.45 bits per heavy atom. The molecule has 0 aliphatic carbocycles. The first-order valence-corrected chi connectivity index (χ1v) is 19.4. The van der Waals surface area contributed by atoms with Gasteiger partial charge in [-0.15, -0.1) is 0 Å². The Bertz CT molecular complexity index is 3070. The zero-order valence-electron chi connectivity index (χ0n) is 29.9. The average Bonchev–Trinajstić information content (AvgIpc) is 3.25. The largest absolute Gasteiger partial charge is 0.458 e. The first-order valence-electron chi connectivity index (χ1n) is 19.4. The molecule has 0 unspecified atom stereocenters. The fraction of sp³-hybridized carbons (Fsp3) is 0. The number of anilines is 6. The lowest BCUT2D eigenvalue weighted by atomic mass is 9.29. The molecule has 6 aliphatic heterocycles. The third-order valence-electron chi connectivity index (χ3n) is 12.8. The van der Waals surface area contributed by atoms with Crippen molar-refractivity contribution < 1.29 is 14.2 Å². The zero-order valence-corrected chi connectivity index (χ0v) is 29.9. The van der Waals surface area contributed by atoms with Gasteiger partial charge in [0, 0.05) is 45.7 Å². The van der Waals surface area contributed by atoms with E-state index >= 15 is 0 Å². The summed E-state index contributed by atoms with van der Waals surface area (Å²) in [6, 6.07) is 59.0. The summed E-state index contributed by atoms with van der Waals surface area (Å²) in [5.41, 5.74) is 17.9. The molecule has 0 saturated heterocycles. The third-order valence-corrected chi connectivity index (χ3v) is 12.8.